The van der Waals surface area contributed by atoms with Crippen LogP contribution in [0.5, 0.6) is 0 Å². The zero-order valence-electron chi connectivity index (χ0n) is 7.35. The van der Waals surface area contributed by atoms with E-state index in [1.54, 1.807) is 11.3 Å². The first-order valence-electron chi connectivity index (χ1n) is 4.24. The molecule has 3 heteroatoms. The van der Waals surface area contributed by atoms with Crippen LogP contribution >= 0.6 is 27.3 Å². The highest BCUT2D eigenvalue weighted by molar-refractivity contribution is 9.10. The first kappa shape index (κ1) is 9.90. The lowest BCUT2D eigenvalue weighted by atomic mass is 10.1. The van der Waals surface area contributed by atoms with Crippen molar-refractivity contribution in [1.29, 1.82) is 0 Å². The third kappa shape index (κ3) is 2.05. The third-order valence-corrected chi connectivity index (χ3v) is 3.45. The molecule has 14 heavy (non-hydrogen) atoms. The first-order valence-corrected chi connectivity index (χ1v) is 5.91. The molecule has 1 nitrogen and oxygen atoms in total. The standard InChI is InChI=1S/C11H9BrOS/c12-9-5-3-8(4-6-9)11(13)10-2-1-7-14-10/h1-7,11,13H/t11-/m1/s1. The van der Waals surface area contributed by atoms with E-state index in [-0.39, 0.29) is 0 Å². The molecular formula is C11H9BrOS. The van der Waals surface area contributed by atoms with E-state index in [0.29, 0.717) is 0 Å². The lowest BCUT2D eigenvalue weighted by Crippen LogP contribution is -1.95. The number of rotatable bonds is 2. The Morgan fingerprint density at radius 1 is 1.14 bits per heavy atom. The fraction of sp³-hybridized carbons (Fsp3) is 0.0909. The minimum atomic E-state index is -0.497. The fourth-order valence-corrected chi connectivity index (χ4v) is 2.26. The molecule has 1 aromatic carbocycles. The van der Waals surface area contributed by atoms with Gasteiger partial charge in [-0.25, -0.2) is 0 Å². The van der Waals surface area contributed by atoms with Gasteiger partial charge >= 0.3 is 0 Å². The topological polar surface area (TPSA) is 20.2 Å². The van der Waals surface area contributed by atoms with Crippen molar-refractivity contribution in [3.63, 3.8) is 0 Å². The van der Waals surface area contributed by atoms with Crippen LogP contribution < -0.4 is 0 Å². The second-order valence-corrected chi connectivity index (χ2v) is 4.86. The molecule has 0 bridgehead atoms. The number of benzene rings is 1. The molecule has 2 rings (SSSR count). The van der Waals surface area contributed by atoms with Crippen LogP contribution in [0.4, 0.5) is 0 Å². The Kier molecular flexibility index (Phi) is 3.01. The molecule has 1 aromatic heterocycles. The van der Waals surface area contributed by atoms with Gasteiger partial charge in [-0.05, 0) is 29.1 Å². The number of thiophene rings is 1. The Labute approximate surface area is 95.2 Å². The summed E-state index contributed by atoms with van der Waals surface area (Å²) in [5.74, 6) is 0. The summed E-state index contributed by atoms with van der Waals surface area (Å²) in [6, 6.07) is 11.6. The van der Waals surface area contributed by atoms with Gasteiger partial charge in [0, 0.05) is 9.35 Å². The van der Waals surface area contributed by atoms with Crippen LogP contribution in [0.25, 0.3) is 0 Å². The van der Waals surface area contributed by atoms with Crippen molar-refractivity contribution in [3.05, 3.63) is 56.7 Å². The predicted molar refractivity (Wildman–Crippen MR) is 62.5 cm³/mol. The molecule has 0 aliphatic carbocycles. The molecular weight excluding hydrogens is 260 g/mol. The Morgan fingerprint density at radius 3 is 2.43 bits per heavy atom. The van der Waals surface area contributed by atoms with Crippen LogP contribution in [0, 0.1) is 0 Å². The molecule has 0 unspecified atom stereocenters. The van der Waals surface area contributed by atoms with Crippen molar-refractivity contribution < 1.29 is 5.11 Å². The van der Waals surface area contributed by atoms with E-state index in [4.69, 9.17) is 0 Å². The van der Waals surface area contributed by atoms with Crippen molar-refractivity contribution in [1.82, 2.24) is 0 Å². The second kappa shape index (κ2) is 4.26. The van der Waals surface area contributed by atoms with E-state index in [1.165, 1.54) is 0 Å². The average Bonchev–Trinajstić information content (AvgIpc) is 2.71. The molecule has 72 valence electrons. The van der Waals surface area contributed by atoms with Gasteiger partial charge in [-0.15, -0.1) is 11.3 Å². The van der Waals surface area contributed by atoms with Crippen molar-refractivity contribution in [2.45, 2.75) is 6.10 Å². The number of aliphatic hydroxyl groups excluding tert-OH is 1. The molecule has 0 aliphatic heterocycles. The fourth-order valence-electron chi connectivity index (χ4n) is 1.26. The minimum Gasteiger partial charge on any atom is -0.383 e. The summed E-state index contributed by atoms with van der Waals surface area (Å²) in [4.78, 5) is 0.979. The summed E-state index contributed by atoms with van der Waals surface area (Å²) in [6.45, 7) is 0. The number of hydrogen-bond donors (Lipinski definition) is 1. The molecule has 1 heterocycles. The van der Waals surface area contributed by atoms with Gasteiger partial charge in [-0.2, -0.15) is 0 Å². The highest BCUT2D eigenvalue weighted by atomic mass is 79.9. The molecule has 0 aliphatic rings. The Bertz CT molecular complexity index is 394. The van der Waals surface area contributed by atoms with E-state index in [9.17, 15) is 5.11 Å². The van der Waals surface area contributed by atoms with Gasteiger partial charge in [0.1, 0.15) is 6.10 Å². The highest BCUT2D eigenvalue weighted by Crippen LogP contribution is 2.26. The molecule has 0 radical (unpaired) electrons. The summed E-state index contributed by atoms with van der Waals surface area (Å²) < 4.78 is 1.03. The number of hydrogen-bond acceptors (Lipinski definition) is 2. The van der Waals surface area contributed by atoms with Crippen LogP contribution in [-0.2, 0) is 0 Å². The van der Waals surface area contributed by atoms with Gasteiger partial charge in [-0.1, -0.05) is 34.1 Å². The van der Waals surface area contributed by atoms with Crippen LogP contribution in [0.1, 0.15) is 16.5 Å². The molecule has 0 spiro atoms. The SMILES string of the molecule is O[C@H](c1ccc(Br)cc1)c1cccs1. The Balaban J connectivity index is 2.28. The van der Waals surface area contributed by atoms with E-state index >= 15 is 0 Å². The quantitative estimate of drug-likeness (QED) is 0.883. The first-order chi connectivity index (χ1) is 6.77. The Morgan fingerprint density at radius 2 is 1.86 bits per heavy atom. The zero-order valence-corrected chi connectivity index (χ0v) is 9.75. The lowest BCUT2D eigenvalue weighted by Gasteiger charge is -2.08. The molecule has 0 saturated heterocycles. The van der Waals surface area contributed by atoms with E-state index in [0.717, 1.165) is 14.9 Å². The van der Waals surface area contributed by atoms with Crippen LogP contribution in [-0.4, -0.2) is 5.11 Å². The molecule has 1 N–H and O–H groups in total. The second-order valence-electron chi connectivity index (χ2n) is 2.97. The van der Waals surface area contributed by atoms with Gasteiger partial charge < -0.3 is 5.11 Å². The number of aliphatic hydroxyl groups is 1. The maximum atomic E-state index is 9.97. The summed E-state index contributed by atoms with van der Waals surface area (Å²) in [6.07, 6.45) is -0.497. The van der Waals surface area contributed by atoms with Gasteiger partial charge in [0.15, 0.2) is 0 Å². The number of halogens is 1. The van der Waals surface area contributed by atoms with Gasteiger partial charge in [0.25, 0.3) is 0 Å². The predicted octanol–water partition coefficient (Wildman–Crippen LogP) is 3.59. The van der Waals surface area contributed by atoms with Gasteiger partial charge in [-0.3, -0.25) is 0 Å². The molecule has 1 atom stereocenters. The summed E-state index contributed by atoms with van der Waals surface area (Å²) in [5, 5.41) is 11.9. The normalized spacial score (nSPS) is 12.7. The maximum Gasteiger partial charge on any atom is 0.113 e. The Hall–Kier alpha value is -0.640. The minimum absolute atomic E-state index is 0.497. The molecule has 0 fully saturated rings. The van der Waals surface area contributed by atoms with Crippen molar-refractivity contribution >= 4 is 27.3 Å². The van der Waals surface area contributed by atoms with Gasteiger partial charge in [0.05, 0.1) is 0 Å². The third-order valence-electron chi connectivity index (χ3n) is 2.00. The van der Waals surface area contributed by atoms with E-state index < -0.39 is 6.10 Å². The van der Waals surface area contributed by atoms with Crippen molar-refractivity contribution in [3.8, 4) is 0 Å². The highest BCUT2D eigenvalue weighted by Gasteiger charge is 2.10. The van der Waals surface area contributed by atoms with E-state index in [2.05, 4.69) is 15.9 Å². The smallest absolute Gasteiger partial charge is 0.113 e. The molecule has 0 saturated carbocycles. The van der Waals surface area contributed by atoms with Gasteiger partial charge in [0.2, 0.25) is 0 Å². The van der Waals surface area contributed by atoms with E-state index in [1.807, 2.05) is 41.8 Å². The summed E-state index contributed by atoms with van der Waals surface area (Å²) in [5.41, 5.74) is 0.927. The van der Waals surface area contributed by atoms with Crippen LogP contribution in [0.2, 0.25) is 0 Å². The van der Waals surface area contributed by atoms with Crippen molar-refractivity contribution in [2.24, 2.45) is 0 Å². The lowest BCUT2D eigenvalue weighted by molar-refractivity contribution is 0.224. The summed E-state index contributed by atoms with van der Waals surface area (Å²) >= 11 is 4.93. The zero-order chi connectivity index (χ0) is 9.97. The molecule has 2 aromatic rings. The van der Waals surface area contributed by atoms with Crippen molar-refractivity contribution in [2.75, 3.05) is 0 Å². The van der Waals surface area contributed by atoms with Crippen LogP contribution in [0.15, 0.2) is 46.3 Å². The monoisotopic (exact) mass is 268 g/mol. The average molecular weight is 269 g/mol. The van der Waals surface area contributed by atoms with Crippen LogP contribution in [0.3, 0.4) is 0 Å². The summed E-state index contributed by atoms with van der Waals surface area (Å²) in [7, 11) is 0. The maximum absolute atomic E-state index is 9.97. The largest absolute Gasteiger partial charge is 0.383 e. The molecule has 0 amide bonds.